The van der Waals surface area contributed by atoms with Crippen LogP contribution < -0.4 is 10.1 Å². The van der Waals surface area contributed by atoms with Gasteiger partial charge in [-0.25, -0.2) is 8.78 Å². The largest absolute Gasteiger partial charge is 0.494 e. The predicted octanol–water partition coefficient (Wildman–Crippen LogP) is 3.87. The van der Waals surface area contributed by atoms with Gasteiger partial charge >= 0.3 is 0 Å². The Labute approximate surface area is 123 Å². The molecule has 1 atom stereocenters. The minimum Gasteiger partial charge on any atom is -0.494 e. The molecule has 0 amide bonds. The first-order valence-corrected chi connectivity index (χ1v) is 6.91. The molecule has 0 saturated carbocycles. The van der Waals surface area contributed by atoms with Crippen molar-refractivity contribution in [1.29, 1.82) is 0 Å². The molecule has 0 bridgehead atoms. The number of nitrogens with one attached hydrogen (secondary N) is 1. The third-order valence-corrected chi connectivity index (χ3v) is 3.45. The lowest BCUT2D eigenvalue weighted by atomic mass is 10.1. The summed E-state index contributed by atoms with van der Waals surface area (Å²) in [7, 11) is 1.45. The van der Waals surface area contributed by atoms with Crippen LogP contribution in [0.5, 0.6) is 5.75 Å². The van der Waals surface area contributed by atoms with Crippen LogP contribution in [0.25, 0.3) is 0 Å². The first-order valence-electron chi connectivity index (χ1n) is 6.91. The van der Waals surface area contributed by atoms with E-state index < -0.39 is 0 Å². The van der Waals surface area contributed by atoms with Crippen LogP contribution in [0.4, 0.5) is 8.78 Å². The van der Waals surface area contributed by atoms with Crippen molar-refractivity contribution in [3.05, 3.63) is 65.2 Å². The molecule has 0 spiro atoms. The molecule has 1 unspecified atom stereocenters. The maximum absolute atomic E-state index is 13.6. The summed E-state index contributed by atoms with van der Waals surface area (Å²) in [5.41, 5.74) is 1.93. The molecule has 4 heteroatoms. The Bertz CT molecular complexity index is 584. The summed E-state index contributed by atoms with van der Waals surface area (Å²) in [6.07, 6.45) is 0.795. The highest BCUT2D eigenvalue weighted by atomic mass is 19.1. The van der Waals surface area contributed by atoms with E-state index in [-0.39, 0.29) is 23.4 Å². The van der Waals surface area contributed by atoms with E-state index in [0.717, 1.165) is 24.1 Å². The van der Waals surface area contributed by atoms with Gasteiger partial charge in [0.25, 0.3) is 0 Å². The lowest BCUT2D eigenvalue weighted by Gasteiger charge is -2.15. The summed E-state index contributed by atoms with van der Waals surface area (Å²) < 4.78 is 31.3. The van der Waals surface area contributed by atoms with Gasteiger partial charge in [-0.05, 0) is 55.3 Å². The first-order chi connectivity index (χ1) is 10.1. The number of rotatable bonds is 6. The van der Waals surface area contributed by atoms with Crippen LogP contribution in [0.3, 0.4) is 0 Å². The van der Waals surface area contributed by atoms with Crippen LogP contribution in [0.15, 0.2) is 42.5 Å². The van der Waals surface area contributed by atoms with Gasteiger partial charge < -0.3 is 10.1 Å². The normalized spacial score (nSPS) is 12.2. The Morgan fingerprint density at radius 3 is 2.43 bits per heavy atom. The van der Waals surface area contributed by atoms with E-state index in [1.165, 1.54) is 25.3 Å². The Kier molecular flexibility index (Phi) is 5.28. The van der Waals surface area contributed by atoms with Crippen molar-refractivity contribution < 1.29 is 13.5 Å². The second-order valence-corrected chi connectivity index (χ2v) is 4.95. The predicted molar refractivity (Wildman–Crippen MR) is 79.5 cm³/mol. The molecule has 0 heterocycles. The molecule has 112 valence electrons. The van der Waals surface area contributed by atoms with Crippen molar-refractivity contribution in [2.75, 3.05) is 13.7 Å². The molecule has 1 N–H and O–H groups in total. The highest BCUT2D eigenvalue weighted by Gasteiger charge is 2.09. The topological polar surface area (TPSA) is 21.3 Å². The third kappa shape index (κ3) is 4.26. The lowest BCUT2D eigenvalue weighted by Crippen LogP contribution is -2.21. The van der Waals surface area contributed by atoms with Crippen molar-refractivity contribution in [3.8, 4) is 5.75 Å². The van der Waals surface area contributed by atoms with Crippen LogP contribution >= 0.6 is 0 Å². The summed E-state index contributed by atoms with van der Waals surface area (Å²) in [6.45, 7) is 2.71. The zero-order valence-electron chi connectivity index (χ0n) is 12.2. The molecule has 0 saturated heterocycles. The molecule has 2 rings (SSSR count). The van der Waals surface area contributed by atoms with E-state index in [9.17, 15) is 8.78 Å². The van der Waals surface area contributed by atoms with E-state index in [1.807, 2.05) is 13.0 Å². The van der Waals surface area contributed by atoms with Crippen LogP contribution in [0.2, 0.25) is 0 Å². The standard InChI is InChI=1S/C17H19F2NO/c1-12(14-5-8-17(21-2)16(19)11-14)20-10-9-13-3-6-15(18)7-4-13/h3-8,11-12,20H,9-10H2,1-2H3. The van der Waals surface area contributed by atoms with Gasteiger partial charge in [-0.15, -0.1) is 0 Å². The van der Waals surface area contributed by atoms with Gasteiger partial charge in [0.1, 0.15) is 5.82 Å². The van der Waals surface area contributed by atoms with Crippen molar-refractivity contribution in [2.45, 2.75) is 19.4 Å². The second kappa shape index (κ2) is 7.18. The summed E-state index contributed by atoms with van der Waals surface area (Å²) in [6, 6.07) is 11.4. The summed E-state index contributed by atoms with van der Waals surface area (Å²) >= 11 is 0. The first kappa shape index (κ1) is 15.4. The average Bonchev–Trinajstić information content (AvgIpc) is 2.49. The van der Waals surface area contributed by atoms with E-state index in [2.05, 4.69) is 5.32 Å². The fourth-order valence-electron chi connectivity index (χ4n) is 2.15. The maximum atomic E-state index is 13.6. The van der Waals surface area contributed by atoms with Crippen LogP contribution in [-0.4, -0.2) is 13.7 Å². The van der Waals surface area contributed by atoms with Crippen LogP contribution in [0.1, 0.15) is 24.1 Å². The SMILES string of the molecule is COc1ccc(C(C)NCCc2ccc(F)cc2)cc1F. The molecule has 0 aliphatic carbocycles. The Morgan fingerprint density at radius 1 is 1.10 bits per heavy atom. The molecule has 0 aliphatic heterocycles. The summed E-state index contributed by atoms with van der Waals surface area (Å²) in [4.78, 5) is 0. The Hall–Kier alpha value is -1.94. The van der Waals surface area contributed by atoms with E-state index >= 15 is 0 Å². The fraction of sp³-hybridized carbons (Fsp3) is 0.294. The maximum Gasteiger partial charge on any atom is 0.165 e. The minimum absolute atomic E-state index is 0.0332. The van der Waals surface area contributed by atoms with Gasteiger partial charge in [-0.3, -0.25) is 0 Å². The zero-order valence-corrected chi connectivity index (χ0v) is 12.2. The van der Waals surface area contributed by atoms with Crippen molar-refractivity contribution >= 4 is 0 Å². The summed E-state index contributed by atoms with van der Waals surface area (Å²) in [5, 5.41) is 3.33. The van der Waals surface area contributed by atoms with Crippen molar-refractivity contribution in [2.24, 2.45) is 0 Å². The monoisotopic (exact) mass is 291 g/mol. The molecule has 2 nitrogen and oxygen atoms in total. The number of hydrogen-bond acceptors (Lipinski definition) is 2. The van der Waals surface area contributed by atoms with E-state index in [1.54, 1.807) is 18.2 Å². The molecule has 0 aliphatic rings. The van der Waals surface area contributed by atoms with E-state index in [4.69, 9.17) is 4.74 Å². The number of methoxy groups -OCH3 is 1. The quantitative estimate of drug-likeness (QED) is 0.872. The Balaban J connectivity index is 1.88. The molecule has 0 aromatic heterocycles. The minimum atomic E-state index is -0.359. The zero-order chi connectivity index (χ0) is 15.2. The number of benzene rings is 2. The van der Waals surface area contributed by atoms with Crippen molar-refractivity contribution in [1.82, 2.24) is 5.32 Å². The van der Waals surface area contributed by atoms with Crippen LogP contribution in [-0.2, 0) is 6.42 Å². The van der Waals surface area contributed by atoms with Crippen molar-refractivity contribution in [3.63, 3.8) is 0 Å². The average molecular weight is 291 g/mol. The van der Waals surface area contributed by atoms with Gasteiger partial charge in [-0.2, -0.15) is 0 Å². The van der Waals surface area contributed by atoms with Gasteiger partial charge in [0.05, 0.1) is 7.11 Å². The molecular weight excluding hydrogens is 272 g/mol. The molecule has 0 fully saturated rings. The lowest BCUT2D eigenvalue weighted by molar-refractivity contribution is 0.385. The van der Waals surface area contributed by atoms with Gasteiger partial charge in [0.2, 0.25) is 0 Å². The van der Waals surface area contributed by atoms with Crippen LogP contribution in [0, 0.1) is 11.6 Å². The van der Waals surface area contributed by atoms with E-state index in [0.29, 0.717) is 0 Å². The highest BCUT2D eigenvalue weighted by molar-refractivity contribution is 5.30. The molecule has 2 aromatic rings. The number of hydrogen-bond donors (Lipinski definition) is 1. The number of halogens is 2. The third-order valence-electron chi connectivity index (χ3n) is 3.45. The highest BCUT2D eigenvalue weighted by Crippen LogP contribution is 2.21. The molecule has 2 aromatic carbocycles. The van der Waals surface area contributed by atoms with Gasteiger partial charge in [0.15, 0.2) is 11.6 Å². The smallest absolute Gasteiger partial charge is 0.165 e. The second-order valence-electron chi connectivity index (χ2n) is 4.95. The number of ether oxygens (including phenoxy) is 1. The Morgan fingerprint density at radius 2 is 1.81 bits per heavy atom. The fourth-order valence-corrected chi connectivity index (χ4v) is 2.15. The molecular formula is C17H19F2NO. The van der Waals surface area contributed by atoms with Gasteiger partial charge in [0, 0.05) is 6.04 Å². The molecule has 0 radical (unpaired) electrons. The summed E-state index contributed by atoms with van der Waals surface area (Å²) in [5.74, 6) is -0.340. The molecule has 21 heavy (non-hydrogen) atoms. The van der Waals surface area contributed by atoms with Gasteiger partial charge in [-0.1, -0.05) is 18.2 Å².